The number of rotatable bonds is 8. The van der Waals surface area contributed by atoms with Crippen molar-refractivity contribution in [2.75, 3.05) is 27.4 Å². The van der Waals surface area contributed by atoms with Crippen LogP contribution >= 0.6 is 39.1 Å². The number of carbonyl (C=O) groups is 1. The van der Waals surface area contributed by atoms with Crippen LogP contribution in [0.15, 0.2) is 46.9 Å². The Hall–Kier alpha value is -1.99. The van der Waals surface area contributed by atoms with Crippen LogP contribution in [0.3, 0.4) is 0 Å². The molecular weight excluding hydrogens is 505 g/mol. The fourth-order valence-electron chi connectivity index (χ4n) is 3.58. The van der Waals surface area contributed by atoms with Gasteiger partial charge in [-0.1, -0.05) is 53.5 Å². The van der Waals surface area contributed by atoms with E-state index < -0.39 is 0 Å². The van der Waals surface area contributed by atoms with Crippen molar-refractivity contribution in [3.63, 3.8) is 0 Å². The largest absolute Gasteiger partial charge is 0.495 e. The molecule has 3 aromatic rings. The number of methoxy groups -OCH3 is 2. The molecule has 0 radical (unpaired) electrons. The second-order valence-corrected chi connectivity index (χ2v) is 8.50. The van der Waals surface area contributed by atoms with Gasteiger partial charge >= 0.3 is 0 Å². The monoisotopic (exact) mass is 525 g/mol. The van der Waals surface area contributed by atoms with E-state index in [0.717, 1.165) is 10.9 Å². The predicted octanol–water partition coefficient (Wildman–Crippen LogP) is 5.82. The topological polar surface area (TPSA) is 67.8 Å². The van der Waals surface area contributed by atoms with Crippen LogP contribution in [-0.4, -0.2) is 38.4 Å². The number of benzene rings is 3. The van der Waals surface area contributed by atoms with Crippen molar-refractivity contribution in [2.45, 2.75) is 12.3 Å². The van der Waals surface area contributed by atoms with Crippen LogP contribution in [-0.2, 0) is 0 Å². The van der Waals surface area contributed by atoms with Gasteiger partial charge in [0.25, 0.3) is 5.91 Å². The molecule has 1 amide bonds. The Morgan fingerprint density at radius 1 is 1.06 bits per heavy atom. The summed E-state index contributed by atoms with van der Waals surface area (Å²) in [6.07, 6.45) is 0.461. The third kappa shape index (κ3) is 4.93. The maximum absolute atomic E-state index is 13.3. The first-order valence-electron chi connectivity index (χ1n) is 9.59. The molecule has 0 aliphatic heterocycles. The maximum Gasteiger partial charge on any atom is 0.255 e. The number of ether oxygens (including phenoxy) is 2. The number of hydrogen-bond donors (Lipinski definition) is 2. The molecule has 3 aromatic carbocycles. The first-order chi connectivity index (χ1) is 14.9. The number of hydrogen-bond acceptors (Lipinski definition) is 4. The first-order valence-corrected chi connectivity index (χ1v) is 11.1. The van der Waals surface area contributed by atoms with E-state index in [4.69, 9.17) is 32.7 Å². The zero-order valence-electron chi connectivity index (χ0n) is 17.0. The number of aliphatic hydroxyl groups excluding tert-OH is 1. The summed E-state index contributed by atoms with van der Waals surface area (Å²) in [6, 6.07) is 12.8. The fourth-order valence-corrected chi connectivity index (χ4v) is 4.62. The van der Waals surface area contributed by atoms with Crippen molar-refractivity contribution in [3.05, 3.63) is 68.1 Å². The number of nitrogens with one attached hydrogen (secondary N) is 1. The Morgan fingerprint density at radius 3 is 2.35 bits per heavy atom. The Labute approximate surface area is 199 Å². The number of halogens is 3. The summed E-state index contributed by atoms with van der Waals surface area (Å²) < 4.78 is 11.7. The molecule has 5 nitrogen and oxygen atoms in total. The Kier molecular flexibility index (Phi) is 8.06. The highest BCUT2D eigenvalue weighted by atomic mass is 79.9. The highest BCUT2D eigenvalue weighted by Gasteiger charge is 2.24. The smallest absolute Gasteiger partial charge is 0.255 e. The summed E-state index contributed by atoms with van der Waals surface area (Å²) in [6.45, 7) is 0.277. The lowest BCUT2D eigenvalue weighted by atomic mass is 9.95. The molecule has 0 fully saturated rings. The highest BCUT2D eigenvalue weighted by Crippen LogP contribution is 2.44. The van der Waals surface area contributed by atoms with Crippen molar-refractivity contribution >= 4 is 55.8 Å². The number of fused-ring (bicyclic) bond motifs is 1. The maximum atomic E-state index is 13.3. The van der Waals surface area contributed by atoms with E-state index in [9.17, 15) is 9.90 Å². The molecule has 0 spiro atoms. The Bertz CT molecular complexity index is 1110. The quantitative estimate of drug-likeness (QED) is 0.388. The van der Waals surface area contributed by atoms with Gasteiger partial charge in [-0.05, 0) is 40.0 Å². The average Bonchev–Trinajstić information content (AvgIpc) is 2.77. The summed E-state index contributed by atoms with van der Waals surface area (Å²) in [5.74, 6) is 0.557. The van der Waals surface area contributed by atoms with Crippen molar-refractivity contribution in [3.8, 4) is 11.5 Å². The molecule has 0 saturated carbocycles. The van der Waals surface area contributed by atoms with E-state index in [1.165, 1.54) is 7.11 Å². The Morgan fingerprint density at radius 2 is 1.74 bits per heavy atom. The molecular formula is C23H22BrCl2NO4. The van der Waals surface area contributed by atoms with E-state index in [-0.39, 0.29) is 18.4 Å². The molecule has 0 saturated heterocycles. The minimum atomic E-state index is -0.292. The molecule has 0 heterocycles. The van der Waals surface area contributed by atoms with E-state index in [1.54, 1.807) is 19.2 Å². The average molecular weight is 527 g/mol. The van der Waals surface area contributed by atoms with Crippen LogP contribution in [0.25, 0.3) is 10.8 Å². The summed E-state index contributed by atoms with van der Waals surface area (Å²) in [4.78, 5) is 13.3. The number of aliphatic hydroxyl groups is 1. The molecule has 3 rings (SSSR count). The van der Waals surface area contributed by atoms with Gasteiger partial charge < -0.3 is 19.9 Å². The van der Waals surface area contributed by atoms with Gasteiger partial charge in [0.05, 0.1) is 29.8 Å². The van der Waals surface area contributed by atoms with E-state index >= 15 is 0 Å². The lowest BCUT2D eigenvalue weighted by Gasteiger charge is -2.20. The second kappa shape index (κ2) is 10.6. The summed E-state index contributed by atoms with van der Waals surface area (Å²) in [5, 5.41) is 14.9. The van der Waals surface area contributed by atoms with E-state index in [0.29, 0.717) is 49.9 Å². The molecule has 0 bridgehead atoms. The van der Waals surface area contributed by atoms with Crippen LogP contribution in [0.5, 0.6) is 11.5 Å². The molecule has 0 aromatic heterocycles. The number of amides is 1. The zero-order valence-corrected chi connectivity index (χ0v) is 20.1. The lowest BCUT2D eigenvalue weighted by Crippen LogP contribution is -2.29. The van der Waals surface area contributed by atoms with Crippen LogP contribution < -0.4 is 14.8 Å². The molecule has 1 atom stereocenters. The molecule has 0 aliphatic rings. The molecule has 0 unspecified atom stereocenters. The van der Waals surface area contributed by atoms with Crippen molar-refractivity contribution < 1.29 is 19.4 Å². The molecule has 164 valence electrons. The molecule has 0 aliphatic carbocycles. The van der Waals surface area contributed by atoms with Gasteiger partial charge in [0.1, 0.15) is 16.0 Å². The third-order valence-corrected chi connectivity index (χ3v) is 6.56. The summed E-state index contributed by atoms with van der Waals surface area (Å²) in [7, 11) is 3.08. The predicted molar refractivity (Wildman–Crippen MR) is 128 cm³/mol. The molecule has 31 heavy (non-hydrogen) atoms. The van der Waals surface area contributed by atoms with Gasteiger partial charge in [0, 0.05) is 29.8 Å². The SMILES string of the molecule is COc1c(Br)c(OC)c2ccccc2c1C(=O)NC[C@@H](CCO)c1ccc(Cl)c(Cl)c1. The minimum absolute atomic E-state index is 0.0267. The van der Waals surface area contributed by atoms with Gasteiger partial charge in [0.15, 0.2) is 0 Å². The van der Waals surface area contributed by atoms with Gasteiger partial charge in [-0.3, -0.25) is 4.79 Å². The van der Waals surface area contributed by atoms with E-state index in [1.807, 2.05) is 30.3 Å². The summed E-state index contributed by atoms with van der Waals surface area (Å²) >= 11 is 15.7. The van der Waals surface area contributed by atoms with Crippen LogP contribution in [0.4, 0.5) is 0 Å². The number of carbonyl (C=O) groups excluding carboxylic acids is 1. The van der Waals surface area contributed by atoms with Crippen LogP contribution in [0.2, 0.25) is 10.0 Å². The second-order valence-electron chi connectivity index (χ2n) is 6.89. The third-order valence-electron chi connectivity index (χ3n) is 5.10. The fraction of sp³-hybridized carbons (Fsp3) is 0.261. The Balaban J connectivity index is 1.96. The van der Waals surface area contributed by atoms with Crippen molar-refractivity contribution in [2.24, 2.45) is 0 Å². The first kappa shape index (κ1) is 23.7. The van der Waals surface area contributed by atoms with Gasteiger partial charge in [-0.15, -0.1) is 0 Å². The van der Waals surface area contributed by atoms with Crippen LogP contribution in [0, 0.1) is 0 Å². The standard InChI is InChI=1S/C23H22BrCl2NO4/c1-30-21-16-6-4-3-5-15(16)19(22(31-2)20(21)24)23(29)27-12-14(9-10-28)13-7-8-17(25)18(26)11-13/h3-8,11,14,28H,9-10,12H2,1-2H3,(H,27,29)/t14-/m1/s1. The van der Waals surface area contributed by atoms with Crippen molar-refractivity contribution in [1.82, 2.24) is 5.32 Å². The zero-order chi connectivity index (χ0) is 22.5. The minimum Gasteiger partial charge on any atom is -0.495 e. The molecule has 8 heteroatoms. The van der Waals surface area contributed by atoms with E-state index in [2.05, 4.69) is 21.2 Å². The molecule has 2 N–H and O–H groups in total. The highest BCUT2D eigenvalue weighted by molar-refractivity contribution is 9.10. The normalized spacial score (nSPS) is 11.9. The van der Waals surface area contributed by atoms with Crippen LogP contribution in [0.1, 0.15) is 28.3 Å². The van der Waals surface area contributed by atoms with Gasteiger partial charge in [-0.2, -0.15) is 0 Å². The van der Waals surface area contributed by atoms with Crippen molar-refractivity contribution in [1.29, 1.82) is 0 Å². The lowest BCUT2D eigenvalue weighted by molar-refractivity contribution is 0.0948. The van der Waals surface area contributed by atoms with Gasteiger partial charge in [-0.25, -0.2) is 0 Å². The summed E-state index contributed by atoms with van der Waals surface area (Å²) in [5.41, 5.74) is 1.29. The van der Waals surface area contributed by atoms with Gasteiger partial charge in [0.2, 0.25) is 0 Å².